The van der Waals surface area contributed by atoms with Crippen molar-refractivity contribution < 1.29 is 17.4 Å². The van der Waals surface area contributed by atoms with Gasteiger partial charge in [0, 0.05) is 12.5 Å². The zero-order chi connectivity index (χ0) is 12.6. The molecule has 0 amide bonds. The van der Waals surface area contributed by atoms with Crippen LogP contribution in [0, 0.1) is 13.8 Å². The maximum Gasteiger partial charge on any atom is 0.294 e. The first-order valence-corrected chi connectivity index (χ1v) is 6.20. The Morgan fingerprint density at radius 3 is 2.41 bits per heavy atom. The molecule has 2 aromatic rings. The molecule has 1 aromatic carbocycles. The van der Waals surface area contributed by atoms with Crippen molar-refractivity contribution >= 4 is 10.1 Å². The van der Waals surface area contributed by atoms with Crippen molar-refractivity contribution in [3.8, 4) is 11.5 Å². The van der Waals surface area contributed by atoms with Gasteiger partial charge in [0.1, 0.15) is 0 Å². The van der Waals surface area contributed by atoms with Gasteiger partial charge in [-0.15, -0.1) is 10.2 Å². The van der Waals surface area contributed by atoms with Crippen LogP contribution in [0.3, 0.4) is 0 Å². The van der Waals surface area contributed by atoms with Crippen LogP contribution >= 0.6 is 0 Å². The van der Waals surface area contributed by atoms with E-state index in [0.717, 1.165) is 0 Å². The monoisotopic (exact) mass is 254 g/mol. The molecule has 90 valence electrons. The van der Waals surface area contributed by atoms with Gasteiger partial charge >= 0.3 is 0 Å². The van der Waals surface area contributed by atoms with Crippen molar-refractivity contribution in [3.63, 3.8) is 0 Å². The van der Waals surface area contributed by atoms with E-state index in [4.69, 9.17) is 8.97 Å². The van der Waals surface area contributed by atoms with E-state index in [1.165, 1.54) is 12.1 Å². The van der Waals surface area contributed by atoms with Gasteiger partial charge in [0.25, 0.3) is 10.1 Å². The second-order valence-corrected chi connectivity index (χ2v) is 5.06. The molecule has 0 aliphatic rings. The Balaban J connectivity index is 2.60. The van der Waals surface area contributed by atoms with Gasteiger partial charge in [0.15, 0.2) is 0 Å². The fourth-order valence-electron chi connectivity index (χ4n) is 1.43. The molecule has 1 heterocycles. The van der Waals surface area contributed by atoms with Crippen LogP contribution in [-0.2, 0) is 10.1 Å². The van der Waals surface area contributed by atoms with Gasteiger partial charge in [0.05, 0.1) is 4.90 Å². The van der Waals surface area contributed by atoms with E-state index in [1.54, 1.807) is 19.9 Å². The Morgan fingerprint density at radius 2 is 1.88 bits per heavy atom. The average Bonchev–Trinajstić information content (AvgIpc) is 2.62. The van der Waals surface area contributed by atoms with Gasteiger partial charge in [-0.25, -0.2) is 0 Å². The molecular formula is C10H10N2O4S. The van der Waals surface area contributed by atoms with E-state index in [2.05, 4.69) is 10.2 Å². The first-order chi connectivity index (χ1) is 7.86. The third kappa shape index (κ3) is 2.51. The van der Waals surface area contributed by atoms with Crippen LogP contribution in [0.2, 0.25) is 0 Å². The second kappa shape index (κ2) is 3.94. The molecule has 0 spiro atoms. The summed E-state index contributed by atoms with van der Waals surface area (Å²) < 4.78 is 36.3. The lowest BCUT2D eigenvalue weighted by Crippen LogP contribution is -1.99. The SMILES string of the molecule is Cc1cc(-c2nnc(C)o2)cc(S(=O)(=O)O)c1. The smallest absolute Gasteiger partial charge is 0.294 e. The van der Waals surface area contributed by atoms with Crippen LogP contribution in [0.15, 0.2) is 27.5 Å². The fourth-order valence-corrected chi connectivity index (χ4v) is 2.04. The highest BCUT2D eigenvalue weighted by Crippen LogP contribution is 2.23. The van der Waals surface area contributed by atoms with Crippen molar-refractivity contribution in [3.05, 3.63) is 29.7 Å². The van der Waals surface area contributed by atoms with Crippen LogP contribution in [0.1, 0.15) is 11.5 Å². The Hall–Kier alpha value is -1.73. The van der Waals surface area contributed by atoms with E-state index in [0.29, 0.717) is 17.0 Å². The first kappa shape index (κ1) is 11.7. The van der Waals surface area contributed by atoms with Gasteiger partial charge in [-0.05, 0) is 30.7 Å². The number of nitrogens with zero attached hydrogens (tertiary/aromatic N) is 2. The first-order valence-electron chi connectivity index (χ1n) is 4.76. The molecule has 0 atom stereocenters. The average molecular weight is 254 g/mol. The number of rotatable bonds is 2. The van der Waals surface area contributed by atoms with Gasteiger partial charge in [-0.1, -0.05) is 0 Å². The van der Waals surface area contributed by atoms with Gasteiger partial charge in [-0.3, -0.25) is 4.55 Å². The zero-order valence-corrected chi connectivity index (χ0v) is 10.0. The highest BCUT2D eigenvalue weighted by molar-refractivity contribution is 7.85. The second-order valence-electron chi connectivity index (χ2n) is 3.64. The third-order valence-electron chi connectivity index (χ3n) is 2.12. The molecule has 7 heteroatoms. The van der Waals surface area contributed by atoms with Crippen LogP contribution in [0.25, 0.3) is 11.5 Å². The van der Waals surface area contributed by atoms with Gasteiger partial charge in [-0.2, -0.15) is 8.42 Å². The van der Waals surface area contributed by atoms with Gasteiger partial charge in [0.2, 0.25) is 11.8 Å². The van der Waals surface area contributed by atoms with Crippen molar-refractivity contribution in [2.45, 2.75) is 18.7 Å². The molecule has 0 saturated heterocycles. The summed E-state index contributed by atoms with van der Waals surface area (Å²) in [6.45, 7) is 3.34. The summed E-state index contributed by atoms with van der Waals surface area (Å²) in [6, 6.07) is 4.35. The maximum absolute atomic E-state index is 11.1. The topological polar surface area (TPSA) is 93.3 Å². The molecule has 0 fully saturated rings. The van der Waals surface area contributed by atoms with Crippen molar-refractivity contribution in [1.29, 1.82) is 0 Å². The molecule has 1 N–H and O–H groups in total. The molecule has 0 unspecified atom stereocenters. The number of aromatic nitrogens is 2. The predicted octanol–water partition coefficient (Wildman–Crippen LogP) is 1.60. The normalized spacial score (nSPS) is 11.7. The molecular weight excluding hydrogens is 244 g/mol. The largest absolute Gasteiger partial charge is 0.421 e. The van der Waals surface area contributed by atoms with Crippen LogP contribution in [0.5, 0.6) is 0 Å². The summed E-state index contributed by atoms with van der Waals surface area (Å²) >= 11 is 0. The molecule has 6 nitrogen and oxygen atoms in total. The number of hydrogen-bond donors (Lipinski definition) is 1. The number of hydrogen-bond acceptors (Lipinski definition) is 5. The highest BCUT2D eigenvalue weighted by atomic mass is 32.2. The van der Waals surface area contributed by atoms with Crippen LogP contribution < -0.4 is 0 Å². The molecule has 0 aliphatic heterocycles. The maximum atomic E-state index is 11.1. The van der Waals surface area contributed by atoms with Crippen molar-refractivity contribution in [2.75, 3.05) is 0 Å². The number of benzene rings is 1. The minimum Gasteiger partial charge on any atom is -0.421 e. The van der Waals surface area contributed by atoms with E-state index < -0.39 is 10.1 Å². The molecule has 1 aromatic heterocycles. The summed E-state index contributed by atoms with van der Waals surface area (Å²) in [6.07, 6.45) is 0. The van der Waals surface area contributed by atoms with E-state index in [9.17, 15) is 8.42 Å². The molecule has 0 bridgehead atoms. The van der Waals surface area contributed by atoms with Crippen molar-refractivity contribution in [2.24, 2.45) is 0 Å². The fraction of sp³-hybridized carbons (Fsp3) is 0.200. The third-order valence-corrected chi connectivity index (χ3v) is 2.95. The van der Waals surface area contributed by atoms with E-state index in [1.807, 2.05) is 0 Å². The predicted molar refractivity (Wildman–Crippen MR) is 59.0 cm³/mol. The molecule has 17 heavy (non-hydrogen) atoms. The Morgan fingerprint density at radius 1 is 1.18 bits per heavy atom. The molecule has 0 aliphatic carbocycles. The summed E-state index contributed by atoms with van der Waals surface area (Å²) in [5.74, 6) is 0.603. The Bertz CT molecular complexity index is 661. The standard InChI is InChI=1S/C10H10N2O4S/c1-6-3-8(10-12-11-7(2)16-10)5-9(4-6)17(13,14)15/h3-5H,1-2H3,(H,13,14,15). The quantitative estimate of drug-likeness (QED) is 0.818. The minimum absolute atomic E-state index is 0.191. The lowest BCUT2D eigenvalue weighted by molar-refractivity contribution is 0.483. The molecule has 0 radical (unpaired) electrons. The Kier molecular flexibility index (Phi) is 2.72. The molecule has 0 saturated carbocycles. The van der Waals surface area contributed by atoms with Crippen LogP contribution in [0.4, 0.5) is 0 Å². The molecule has 2 rings (SSSR count). The Labute approximate surface area is 98.0 Å². The minimum atomic E-state index is -4.24. The summed E-state index contributed by atoms with van der Waals surface area (Å²) in [4.78, 5) is -0.191. The van der Waals surface area contributed by atoms with E-state index in [-0.39, 0.29) is 10.8 Å². The van der Waals surface area contributed by atoms with E-state index >= 15 is 0 Å². The lowest BCUT2D eigenvalue weighted by Gasteiger charge is -2.02. The lowest BCUT2D eigenvalue weighted by atomic mass is 10.1. The van der Waals surface area contributed by atoms with Crippen LogP contribution in [-0.4, -0.2) is 23.2 Å². The van der Waals surface area contributed by atoms with Gasteiger partial charge < -0.3 is 4.42 Å². The number of aryl methyl sites for hydroxylation is 2. The summed E-state index contributed by atoms with van der Waals surface area (Å²) in [5, 5.41) is 7.44. The highest BCUT2D eigenvalue weighted by Gasteiger charge is 2.14. The summed E-state index contributed by atoms with van der Waals surface area (Å²) in [7, 11) is -4.24. The van der Waals surface area contributed by atoms with Crippen molar-refractivity contribution in [1.82, 2.24) is 10.2 Å². The summed E-state index contributed by atoms with van der Waals surface area (Å²) in [5.41, 5.74) is 1.13. The zero-order valence-electron chi connectivity index (χ0n) is 9.21.